The molecule has 0 saturated carbocycles. The molecule has 0 spiro atoms. The summed E-state index contributed by atoms with van der Waals surface area (Å²) in [5.74, 6) is 0.276. The van der Waals surface area contributed by atoms with Gasteiger partial charge in [0.05, 0.1) is 11.2 Å². The largest absolute Gasteiger partial charge is 0.489 e. The van der Waals surface area contributed by atoms with Crippen LogP contribution in [0.5, 0.6) is 5.75 Å². The van der Waals surface area contributed by atoms with E-state index in [2.05, 4.69) is 5.32 Å². The predicted molar refractivity (Wildman–Crippen MR) is 95.3 cm³/mol. The van der Waals surface area contributed by atoms with E-state index >= 15 is 0 Å². The topological polar surface area (TPSA) is 94.6 Å². The second-order valence-corrected chi connectivity index (χ2v) is 5.59. The Bertz CT molecular complexity index is 934. The molecule has 0 aliphatic heterocycles. The van der Waals surface area contributed by atoms with Crippen LogP contribution in [0.2, 0.25) is 0 Å². The zero-order valence-corrected chi connectivity index (χ0v) is 14.0. The highest BCUT2D eigenvalue weighted by Gasteiger charge is 2.18. The fourth-order valence-electron chi connectivity index (χ4n) is 2.40. The van der Waals surface area contributed by atoms with Gasteiger partial charge in [0.25, 0.3) is 11.6 Å². The molecule has 7 heteroatoms. The molecule has 2 aromatic carbocycles. The summed E-state index contributed by atoms with van der Waals surface area (Å²) in [5.41, 5.74) is 1.35. The number of aryl methyl sites for hydroxylation is 1. The van der Waals surface area contributed by atoms with Crippen molar-refractivity contribution in [3.8, 4) is 5.75 Å². The Morgan fingerprint density at radius 3 is 2.69 bits per heavy atom. The number of nitro benzene ring substituents is 1. The molecule has 3 rings (SSSR count). The van der Waals surface area contributed by atoms with E-state index in [1.165, 1.54) is 12.3 Å². The van der Waals surface area contributed by atoms with Gasteiger partial charge in [-0.15, -0.1) is 0 Å². The van der Waals surface area contributed by atoms with Crippen LogP contribution < -0.4 is 10.1 Å². The molecule has 0 aliphatic carbocycles. The first kappa shape index (κ1) is 17.2. The maximum Gasteiger partial charge on any atom is 0.291 e. The number of rotatable bonds is 6. The van der Waals surface area contributed by atoms with Crippen molar-refractivity contribution in [1.82, 2.24) is 0 Å². The van der Waals surface area contributed by atoms with Crippen LogP contribution in [0.15, 0.2) is 65.3 Å². The number of amides is 1. The first-order valence-electron chi connectivity index (χ1n) is 7.85. The Labute approximate surface area is 149 Å². The Balaban J connectivity index is 1.72. The van der Waals surface area contributed by atoms with Crippen LogP contribution in [0.4, 0.5) is 11.4 Å². The highest BCUT2D eigenvalue weighted by atomic mass is 16.6. The summed E-state index contributed by atoms with van der Waals surface area (Å²) in [6.45, 7) is 1.80. The second kappa shape index (κ2) is 7.52. The molecule has 0 aliphatic rings. The van der Waals surface area contributed by atoms with Gasteiger partial charge in [0.2, 0.25) is 0 Å². The smallest absolute Gasteiger partial charge is 0.291 e. The summed E-state index contributed by atoms with van der Waals surface area (Å²) < 4.78 is 10.9. The number of nitro groups is 1. The molecular formula is C19H16N2O5. The number of hydrogen-bond donors (Lipinski definition) is 1. The fourth-order valence-corrected chi connectivity index (χ4v) is 2.40. The number of nitrogens with zero attached hydrogens (tertiary/aromatic N) is 1. The molecule has 0 bridgehead atoms. The minimum Gasteiger partial charge on any atom is -0.489 e. The van der Waals surface area contributed by atoms with E-state index in [9.17, 15) is 14.9 Å². The summed E-state index contributed by atoms with van der Waals surface area (Å²) in [7, 11) is 0. The number of ether oxygens (including phenoxy) is 1. The quantitative estimate of drug-likeness (QED) is 0.526. The molecule has 7 nitrogen and oxygen atoms in total. The lowest BCUT2D eigenvalue weighted by atomic mass is 10.2. The van der Waals surface area contributed by atoms with Crippen molar-refractivity contribution < 1.29 is 18.9 Å². The Morgan fingerprint density at radius 2 is 1.96 bits per heavy atom. The summed E-state index contributed by atoms with van der Waals surface area (Å²) in [6, 6.07) is 15.3. The number of carbonyl (C=O) groups excluding carboxylic acids is 1. The number of para-hydroxylation sites is 1. The minimum absolute atomic E-state index is 0.0603. The van der Waals surface area contributed by atoms with Gasteiger partial charge in [0.1, 0.15) is 12.4 Å². The molecule has 1 heterocycles. The highest BCUT2D eigenvalue weighted by Crippen LogP contribution is 2.23. The molecule has 0 atom stereocenters. The van der Waals surface area contributed by atoms with Crippen molar-refractivity contribution in [3.63, 3.8) is 0 Å². The van der Waals surface area contributed by atoms with Gasteiger partial charge in [-0.25, -0.2) is 0 Å². The lowest BCUT2D eigenvalue weighted by molar-refractivity contribution is -0.385. The van der Waals surface area contributed by atoms with Crippen molar-refractivity contribution in [2.75, 3.05) is 5.32 Å². The monoisotopic (exact) mass is 352 g/mol. The molecular weight excluding hydrogens is 336 g/mol. The zero-order chi connectivity index (χ0) is 18.5. The first-order valence-corrected chi connectivity index (χ1v) is 7.85. The normalized spacial score (nSPS) is 10.3. The second-order valence-electron chi connectivity index (χ2n) is 5.59. The molecule has 26 heavy (non-hydrogen) atoms. The molecule has 1 amide bonds. The van der Waals surface area contributed by atoms with Gasteiger partial charge in [0, 0.05) is 22.9 Å². The number of hydrogen-bond acceptors (Lipinski definition) is 5. The number of benzene rings is 2. The van der Waals surface area contributed by atoms with Crippen molar-refractivity contribution in [2.45, 2.75) is 13.5 Å². The van der Waals surface area contributed by atoms with Crippen LogP contribution >= 0.6 is 0 Å². The van der Waals surface area contributed by atoms with E-state index in [1.807, 2.05) is 30.3 Å². The molecule has 1 aromatic heterocycles. The predicted octanol–water partition coefficient (Wildman–Crippen LogP) is 4.33. The van der Waals surface area contributed by atoms with Crippen LogP contribution in [-0.2, 0) is 6.61 Å². The molecule has 0 unspecified atom stereocenters. The SMILES string of the molecule is Cc1ccc(NC(=O)c2occc2COc2ccccc2)cc1[N+](=O)[O-]. The van der Waals surface area contributed by atoms with E-state index in [0.29, 0.717) is 22.6 Å². The standard InChI is InChI=1S/C19H16N2O5/c1-13-7-8-15(11-17(13)21(23)24)20-19(22)18-14(9-10-25-18)12-26-16-5-3-2-4-6-16/h2-11H,12H2,1H3,(H,20,22). The Hall–Kier alpha value is -3.61. The maximum absolute atomic E-state index is 12.4. The lowest BCUT2D eigenvalue weighted by Crippen LogP contribution is -2.14. The van der Waals surface area contributed by atoms with Gasteiger partial charge in [-0.2, -0.15) is 0 Å². The van der Waals surface area contributed by atoms with E-state index in [4.69, 9.17) is 9.15 Å². The third-order valence-electron chi connectivity index (χ3n) is 3.75. The van der Waals surface area contributed by atoms with E-state index in [-0.39, 0.29) is 18.1 Å². The summed E-state index contributed by atoms with van der Waals surface area (Å²) in [5, 5.41) is 13.6. The van der Waals surface area contributed by atoms with Gasteiger partial charge in [0.15, 0.2) is 5.76 Å². The maximum atomic E-state index is 12.4. The summed E-state index contributed by atoms with van der Waals surface area (Å²) in [6.07, 6.45) is 1.40. The summed E-state index contributed by atoms with van der Waals surface area (Å²) in [4.78, 5) is 23.0. The van der Waals surface area contributed by atoms with Gasteiger partial charge in [-0.1, -0.05) is 24.3 Å². The molecule has 132 valence electrons. The molecule has 0 fully saturated rings. The molecule has 0 saturated heterocycles. The van der Waals surface area contributed by atoms with Crippen LogP contribution in [-0.4, -0.2) is 10.8 Å². The fraction of sp³-hybridized carbons (Fsp3) is 0.105. The number of nitrogens with one attached hydrogen (secondary N) is 1. The average Bonchev–Trinajstić information content (AvgIpc) is 3.11. The van der Waals surface area contributed by atoms with Gasteiger partial charge in [-0.3, -0.25) is 14.9 Å². The number of furan rings is 1. The Kier molecular flexibility index (Phi) is 4.98. The van der Waals surface area contributed by atoms with Crippen LogP contribution in [0, 0.1) is 17.0 Å². The average molecular weight is 352 g/mol. The van der Waals surface area contributed by atoms with Crippen LogP contribution in [0.3, 0.4) is 0 Å². The third kappa shape index (κ3) is 3.89. The third-order valence-corrected chi connectivity index (χ3v) is 3.75. The van der Waals surface area contributed by atoms with E-state index < -0.39 is 10.8 Å². The number of anilines is 1. The van der Waals surface area contributed by atoms with Crippen LogP contribution in [0.1, 0.15) is 21.7 Å². The lowest BCUT2D eigenvalue weighted by Gasteiger charge is -2.08. The molecule has 0 radical (unpaired) electrons. The minimum atomic E-state index is -0.500. The first-order chi connectivity index (χ1) is 12.5. The van der Waals surface area contributed by atoms with Crippen molar-refractivity contribution in [3.05, 3.63) is 87.9 Å². The van der Waals surface area contributed by atoms with Crippen molar-refractivity contribution in [2.24, 2.45) is 0 Å². The Morgan fingerprint density at radius 1 is 1.19 bits per heavy atom. The number of carbonyl (C=O) groups is 1. The van der Waals surface area contributed by atoms with Gasteiger partial charge in [-0.05, 0) is 31.2 Å². The van der Waals surface area contributed by atoms with Crippen molar-refractivity contribution >= 4 is 17.3 Å². The van der Waals surface area contributed by atoms with Gasteiger partial charge < -0.3 is 14.5 Å². The van der Waals surface area contributed by atoms with Gasteiger partial charge >= 0.3 is 0 Å². The van der Waals surface area contributed by atoms with Crippen molar-refractivity contribution in [1.29, 1.82) is 0 Å². The van der Waals surface area contributed by atoms with E-state index in [1.54, 1.807) is 25.1 Å². The zero-order valence-electron chi connectivity index (χ0n) is 14.0. The molecule has 3 aromatic rings. The molecule has 1 N–H and O–H groups in total. The summed E-state index contributed by atoms with van der Waals surface area (Å²) >= 11 is 0. The van der Waals surface area contributed by atoms with E-state index in [0.717, 1.165) is 0 Å². The highest BCUT2D eigenvalue weighted by molar-refractivity contribution is 6.03. The van der Waals surface area contributed by atoms with Crippen LogP contribution in [0.25, 0.3) is 0 Å².